The lowest BCUT2D eigenvalue weighted by molar-refractivity contribution is 0.229. The van der Waals surface area contributed by atoms with Crippen LogP contribution in [0.1, 0.15) is 25.8 Å². The SMILES string of the molecule is CCNC(=NCC(C)Oc1cccc(F)c1)NCCCn1cc(C)cn1. The Labute approximate surface area is 154 Å². The van der Waals surface area contributed by atoms with E-state index in [0.29, 0.717) is 12.3 Å². The van der Waals surface area contributed by atoms with Crippen molar-refractivity contribution in [3.05, 3.63) is 48.0 Å². The van der Waals surface area contributed by atoms with Crippen molar-refractivity contribution in [2.45, 2.75) is 39.8 Å². The zero-order valence-corrected chi connectivity index (χ0v) is 15.7. The van der Waals surface area contributed by atoms with Gasteiger partial charge in [-0.15, -0.1) is 0 Å². The van der Waals surface area contributed by atoms with E-state index in [1.54, 1.807) is 12.1 Å². The van der Waals surface area contributed by atoms with Crippen molar-refractivity contribution in [3.8, 4) is 5.75 Å². The zero-order valence-electron chi connectivity index (χ0n) is 15.7. The Balaban J connectivity index is 1.75. The number of aromatic nitrogens is 2. The van der Waals surface area contributed by atoms with Crippen molar-refractivity contribution in [2.24, 2.45) is 4.99 Å². The lowest BCUT2D eigenvalue weighted by Crippen LogP contribution is -2.38. The Morgan fingerprint density at radius 2 is 2.23 bits per heavy atom. The Bertz CT molecular complexity index is 701. The summed E-state index contributed by atoms with van der Waals surface area (Å²) < 4.78 is 20.8. The first kappa shape index (κ1) is 19.8. The maximum absolute atomic E-state index is 13.2. The number of hydrogen-bond donors (Lipinski definition) is 2. The second kappa shape index (κ2) is 10.4. The summed E-state index contributed by atoms with van der Waals surface area (Å²) in [5, 5.41) is 10.8. The van der Waals surface area contributed by atoms with Gasteiger partial charge in [0.1, 0.15) is 17.7 Å². The molecule has 0 amide bonds. The third-order valence-electron chi connectivity index (χ3n) is 3.60. The fourth-order valence-electron chi connectivity index (χ4n) is 2.41. The predicted molar refractivity (Wildman–Crippen MR) is 102 cm³/mol. The standard InChI is InChI=1S/C19H28FN5O/c1-4-21-19(22-9-6-10-25-14-15(2)12-24-25)23-13-16(3)26-18-8-5-7-17(20)11-18/h5,7-8,11-12,14,16H,4,6,9-10,13H2,1-3H3,(H2,21,22,23). The number of guanidine groups is 1. The van der Waals surface area contributed by atoms with Gasteiger partial charge in [-0.05, 0) is 44.9 Å². The quantitative estimate of drug-likeness (QED) is 0.410. The van der Waals surface area contributed by atoms with Gasteiger partial charge in [0.05, 0.1) is 12.7 Å². The third kappa shape index (κ3) is 7.13. The van der Waals surface area contributed by atoms with Crippen molar-refractivity contribution in [1.29, 1.82) is 0 Å². The molecule has 0 bridgehead atoms. The summed E-state index contributed by atoms with van der Waals surface area (Å²) in [7, 11) is 0. The van der Waals surface area contributed by atoms with E-state index in [9.17, 15) is 4.39 Å². The number of ether oxygens (including phenoxy) is 1. The molecule has 0 aliphatic rings. The molecule has 2 aromatic rings. The predicted octanol–water partition coefficient (Wildman–Crippen LogP) is 2.74. The molecule has 2 N–H and O–H groups in total. The summed E-state index contributed by atoms with van der Waals surface area (Å²) in [6.45, 7) is 8.88. The fourth-order valence-corrected chi connectivity index (χ4v) is 2.41. The first-order valence-corrected chi connectivity index (χ1v) is 9.00. The number of hydrogen-bond acceptors (Lipinski definition) is 3. The van der Waals surface area contributed by atoms with E-state index in [0.717, 1.165) is 32.0 Å². The highest BCUT2D eigenvalue weighted by atomic mass is 19.1. The van der Waals surface area contributed by atoms with E-state index >= 15 is 0 Å². The van der Waals surface area contributed by atoms with Crippen molar-refractivity contribution < 1.29 is 9.13 Å². The van der Waals surface area contributed by atoms with Crippen LogP contribution >= 0.6 is 0 Å². The molecule has 1 aromatic heterocycles. The van der Waals surface area contributed by atoms with Crippen LogP contribution in [0.3, 0.4) is 0 Å². The molecular weight excluding hydrogens is 333 g/mol. The normalized spacial score (nSPS) is 12.7. The maximum atomic E-state index is 13.2. The van der Waals surface area contributed by atoms with Gasteiger partial charge in [-0.25, -0.2) is 9.38 Å². The van der Waals surface area contributed by atoms with E-state index < -0.39 is 0 Å². The van der Waals surface area contributed by atoms with Crippen molar-refractivity contribution >= 4 is 5.96 Å². The summed E-state index contributed by atoms with van der Waals surface area (Å²) >= 11 is 0. The highest BCUT2D eigenvalue weighted by Gasteiger charge is 2.05. The van der Waals surface area contributed by atoms with Crippen LogP contribution in [0.5, 0.6) is 5.75 Å². The van der Waals surface area contributed by atoms with E-state index in [2.05, 4.69) is 20.7 Å². The van der Waals surface area contributed by atoms with Crippen LogP contribution in [0.4, 0.5) is 4.39 Å². The Hall–Kier alpha value is -2.57. The van der Waals surface area contributed by atoms with Crippen LogP contribution in [-0.4, -0.2) is 41.5 Å². The molecule has 0 fully saturated rings. The number of benzene rings is 1. The molecule has 0 saturated carbocycles. The summed E-state index contributed by atoms with van der Waals surface area (Å²) in [5.41, 5.74) is 1.17. The molecule has 0 aliphatic heterocycles. The van der Waals surface area contributed by atoms with E-state index in [1.807, 2.05) is 37.8 Å². The molecule has 142 valence electrons. The molecule has 0 aliphatic carbocycles. The van der Waals surface area contributed by atoms with Gasteiger partial charge in [0, 0.05) is 31.9 Å². The smallest absolute Gasteiger partial charge is 0.191 e. The van der Waals surface area contributed by atoms with Gasteiger partial charge >= 0.3 is 0 Å². The van der Waals surface area contributed by atoms with Gasteiger partial charge in [-0.2, -0.15) is 5.10 Å². The summed E-state index contributed by atoms with van der Waals surface area (Å²) in [6, 6.07) is 6.14. The van der Waals surface area contributed by atoms with Gasteiger partial charge in [-0.1, -0.05) is 6.07 Å². The highest BCUT2D eigenvalue weighted by molar-refractivity contribution is 5.79. The lowest BCUT2D eigenvalue weighted by atomic mass is 10.3. The van der Waals surface area contributed by atoms with Crippen LogP contribution in [0.25, 0.3) is 0 Å². The highest BCUT2D eigenvalue weighted by Crippen LogP contribution is 2.13. The number of aryl methyl sites for hydroxylation is 2. The van der Waals surface area contributed by atoms with Crippen LogP contribution in [-0.2, 0) is 6.54 Å². The molecule has 2 rings (SSSR count). The van der Waals surface area contributed by atoms with Crippen LogP contribution in [0.2, 0.25) is 0 Å². The fraction of sp³-hybridized carbons (Fsp3) is 0.474. The molecule has 1 heterocycles. The second-order valence-corrected chi connectivity index (χ2v) is 6.17. The monoisotopic (exact) mass is 361 g/mol. The minimum atomic E-state index is -0.305. The van der Waals surface area contributed by atoms with Gasteiger partial charge in [-0.3, -0.25) is 4.68 Å². The lowest BCUT2D eigenvalue weighted by Gasteiger charge is -2.15. The summed E-state index contributed by atoms with van der Waals surface area (Å²) in [5.74, 6) is 0.958. The molecule has 26 heavy (non-hydrogen) atoms. The van der Waals surface area contributed by atoms with Crippen molar-refractivity contribution in [3.63, 3.8) is 0 Å². The van der Waals surface area contributed by atoms with Crippen LogP contribution < -0.4 is 15.4 Å². The van der Waals surface area contributed by atoms with Gasteiger partial charge in [0.2, 0.25) is 0 Å². The van der Waals surface area contributed by atoms with Crippen molar-refractivity contribution in [2.75, 3.05) is 19.6 Å². The molecule has 0 saturated heterocycles. The number of halogens is 1. The van der Waals surface area contributed by atoms with Crippen LogP contribution in [0.15, 0.2) is 41.7 Å². The number of nitrogens with one attached hydrogen (secondary N) is 2. The van der Waals surface area contributed by atoms with Gasteiger partial charge < -0.3 is 15.4 Å². The third-order valence-corrected chi connectivity index (χ3v) is 3.60. The molecule has 0 spiro atoms. The molecule has 0 radical (unpaired) electrons. The first-order valence-electron chi connectivity index (χ1n) is 9.00. The van der Waals surface area contributed by atoms with E-state index in [1.165, 1.54) is 17.7 Å². The van der Waals surface area contributed by atoms with Gasteiger partial charge in [0.25, 0.3) is 0 Å². The number of nitrogens with zero attached hydrogens (tertiary/aromatic N) is 3. The van der Waals surface area contributed by atoms with Crippen LogP contribution in [0, 0.1) is 12.7 Å². The molecule has 1 aromatic carbocycles. The molecule has 1 unspecified atom stereocenters. The number of rotatable bonds is 9. The average Bonchev–Trinajstić information content (AvgIpc) is 3.01. The van der Waals surface area contributed by atoms with Crippen molar-refractivity contribution in [1.82, 2.24) is 20.4 Å². The second-order valence-electron chi connectivity index (χ2n) is 6.17. The number of aliphatic imine (C=N–C) groups is 1. The van der Waals surface area contributed by atoms with E-state index in [4.69, 9.17) is 4.74 Å². The molecule has 6 nitrogen and oxygen atoms in total. The minimum absolute atomic E-state index is 0.153. The Kier molecular flexibility index (Phi) is 7.92. The largest absolute Gasteiger partial charge is 0.489 e. The summed E-state index contributed by atoms with van der Waals surface area (Å²) in [4.78, 5) is 4.53. The molecule has 1 atom stereocenters. The first-order chi connectivity index (χ1) is 12.6. The van der Waals surface area contributed by atoms with E-state index in [-0.39, 0.29) is 11.9 Å². The average molecular weight is 361 g/mol. The van der Waals surface area contributed by atoms with Gasteiger partial charge in [0.15, 0.2) is 5.96 Å². The zero-order chi connectivity index (χ0) is 18.8. The summed E-state index contributed by atoms with van der Waals surface area (Å²) in [6.07, 6.45) is 4.68. The maximum Gasteiger partial charge on any atom is 0.191 e. The molecule has 7 heteroatoms. The Morgan fingerprint density at radius 1 is 1.38 bits per heavy atom. The minimum Gasteiger partial charge on any atom is -0.489 e. The topological polar surface area (TPSA) is 63.5 Å². The molecular formula is C19H28FN5O. The Morgan fingerprint density at radius 3 is 2.92 bits per heavy atom.